The number of carbonyl (C=O) groups excluding carboxylic acids is 2. The van der Waals surface area contributed by atoms with E-state index in [4.69, 9.17) is 4.74 Å². The fourth-order valence-corrected chi connectivity index (χ4v) is 3.39. The molecule has 3 aromatic rings. The average Bonchev–Trinajstić information content (AvgIpc) is 3.19. The van der Waals surface area contributed by atoms with E-state index in [1.54, 1.807) is 53.4 Å². The average molecular weight is 404 g/mol. The number of carbonyl (C=O) groups is 2. The van der Waals surface area contributed by atoms with E-state index < -0.39 is 0 Å². The van der Waals surface area contributed by atoms with Crippen LogP contribution in [0.2, 0.25) is 0 Å². The molecule has 0 unspecified atom stereocenters. The number of hydrogen-bond acceptors (Lipinski definition) is 3. The summed E-state index contributed by atoms with van der Waals surface area (Å²) in [5.74, 6) is -0.0887. The van der Waals surface area contributed by atoms with Crippen molar-refractivity contribution in [1.82, 2.24) is 0 Å². The van der Waals surface area contributed by atoms with Gasteiger partial charge in [0.2, 0.25) is 5.91 Å². The van der Waals surface area contributed by atoms with Crippen molar-refractivity contribution in [3.8, 4) is 5.75 Å². The molecule has 0 atom stereocenters. The molecular weight excluding hydrogens is 383 g/mol. The normalized spacial score (nSPS) is 13.4. The van der Waals surface area contributed by atoms with Crippen molar-refractivity contribution in [2.24, 2.45) is 0 Å². The third kappa shape index (κ3) is 4.49. The van der Waals surface area contributed by atoms with Gasteiger partial charge in [-0.1, -0.05) is 30.3 Å². The summed E-state index contributed by atoms with van der Waals surface area (Å²) in [6.07, 6.45) is 1.39. The standard InChI is InChI=1S/C24H21FN2O3/c25-18-12-10-17(11-13-18)16-30-22-8-2-1-7-21(22)24(29)26-19-5-3-6-20(15-19)27-14-4-9-23(27)28/h1-3,5-8,10-13,15H,4,9,14,16H2,(H,26,29). The van der Waals surface area contributed by atoms with Crippen LogP contribution in [0.15, 0.2) is 72.8 Å². The molecule has 4 rings (SSSR count). The minimum atomic E-state index is -0.311. The van der Waals surface area contributed by atoms with E-state index in [1.165, 1.54) is 12.1 Å². The largest absolute Gasteiger partial charge is 0.488 e. The fraction of sp³-hybridized carbons (Fsp3) is 0.167. The first kappa shape index (κ1) is 19.6. The highest BCUT2D eigenvalue weighted by molar-refractivity contribution is 6.06. The van der Waals surface area contributed by atoms with Crippen LogP contribution in [-0.4, -0.2) is 18.4 Å². The van der Waals surface area contributed by atoms with E-state index in [0.29, 0.717) is 30.0 Å². The van der Waals surface area contributed by atoms with E-state index in [0.717, 1.165) is 17.7 Å². The molecule has 1 heterocycles. The Morgan fingerprint density at radius 2 is 1.83 bits per heavy atom. The second-order valence-corrected chi connectivity index (χ2v) is 7.06. The zero-order valence-electron chi connectivity index (χ0n) is 16.3. The van der Waals surface area contributed by atoms with E-state index in [2.05, 4.69) is 5.32 Å². The molecular formula is C24H21FN2O3. The van der Waals surface area contributed by atoms with Crippen LogP contribution in [-0.2, 0) is 11.4 Å². The van der Waals surface area contributed by atoms with Crippen molar-refractivity contribution in [2.45, 2.75) is 19.4 Å². The lowest BCUT2D eigenvalue weighted by atomic mass is 10.1. The number of rotatable bonds is 6. The lowest BCUT2D eigenvalue weighted by Gasteiger charge is -2.17. The Bertz CT molecular complexity index is 1070. The molecule has 0 spiro atoms. The van der Waals surface area contributed by atoms with Crippen LogP contribution in [0.1, 0.15) is 28.8 Å². The maximum atomic E-state index is 13.1. The molecule has 6 heteroatoms. The molecule has 0 saturated carbocycles. The molecule has 1 N–H and O–H groups in total. The van der Waals surface area contributed by atoms with Crippen LogP contribution in [0.25, 0.3) is 0 Å². The minimum absolute atomic E-state index is 0.0954. The molecule has 1 aliphatic heterocycles. The Morgan fingerprint density at radius 1 is 1.03 bits per heavy atom. The van der Waals surface area contributed by atoms with Crippen LogP contribution >= 0.6 is 0 Å². The van der Waals surface area contributed by atoms with Gasteiger partial charge in [-0.2, -0.15) is 0 Å². The van der Waals surface area contributed by atoms with Gasteiger partial charge < -0.3 is 15.0 Å². The van der Waals surface area contributed by atoms with Gasteiger partial charge in [0, 0.05) is 24.3 Å². The van der Waals surface area contributed by atoms with Crippen LogP contribution in [0, 0.1) is 5.82 Å². The van der Waals surface area contributed by atoms with Crippen LogP contribution in [0.3, 0.4) is 0 Å². The molecule has 1 fully saturated rings. The first-order chi connectivity index (χ1) is 14.6. The van der Waals surface area contributed by atoms with Gasteiger partial charge in [-0.25, -0.2) is 4.39 Å². The summed E-state index contributed by atoms with van der Waals surface area (Å²) < 4.78 is 18.9. The van der Waals surface area contributed by atoms with E-state index in [9.17, 15) is 14.0 Å². The second-order valence-electron chi connectivity index (χ2n) is 7.06. The van der Waals surface area contributed by atoms with E-state index >= 15 is 0 Å². The molecule has 152 valence electrons. The molecule has 30 heavy (non-hydrogen) atoms. The molecule has 2 amide bonds. The van der Waals surface area contributed by atoms with Crippen molar-refractivity contribution in [3.05, 3.63) is 89.7 Å². The first-order valence-corrected chi connectivity index (χ1v) is 9.78. The Morgan fingerprint density at radius 3 is 2.60 bits per heavy atom. The third-order valence-electron chi connectivity index (χ3n) is 4.93. The number of nitrogens with zero attached hydrogens (tertiary/aromatic N) is 1. The summed E-state index contributed by atoms with van der Waals surface area (Å²) in [4.78, 5) is 26.6. The summed E-state index contributed by atoms with van der Waals surface area (Å²) in [5, 5.41) is 2.88. The van der Waals surface area contributed by atoms with Crippen molar-refractivity contribution >= 4 is 23.2 Å². The number of halogens is 1. The highest BCUT2D eigenvalue weighted by Gasteiger charge is 2.22. The predicted octanol–water partition coefficient (Wildman–Crippen LogP) is 4.78. The Labute approximate surface area is 174 Å². The molecule has 0 radical (unpaired) electrons. The summed E-state index contributed by atoms with van der Waals surface area (Å²) in [7, 11) is 0. The summed E-state index contributed by atoms with van der Waals surface area (Å²) in [5.41, 5.74) is 2.57. The minimum Gasteiger partial charge on any atom is -0.488 e. The zero-order valence-corrected chi connectivity index (χ0v) is 16.3. The fourth-order valence-electron chi connectivity index (χ4n) is 3.39. The molecule has 0 bridgehead atoms. The van der Waals surface area contributed by atoms with Crippen molar-refractivity contribution < 1.29 is 18.7 Å². The summed E-state index contributed by atoms with van der Waals surface area (Å²) in [6, 6.07) is 20.2. The highest BCUT2D eigenvalue weighted by atomic mass is 19.1. The lowest BCUT2D eigenvalue weighted by Crippen LogP contribution is -2.23. The smallest absolute Gasteiger partial charge is 0.259 e. The molecule has 5 nitrogen and oxygen atoms in total. The van der Waals surface area contributed by atoms with Gasteiger partial charge in [-0.15, -0.1) is 0 Å². The third-order valence-corrected chi connectivity index (χ3v) is 4.93. The van der Waals surface area contributed by atoms with Gasteiger partial charge in [0.05, 0.1) is 5.56 Å². The maximum absolute atomic E-state index is 13.1. The Kier molecular flexibility index (Phi) is 5.75. The van der Waals surface area contributed by atoms with Crippen LogP contribution < -0.4 is 15.0 Å². The predicted molar refractivity (Wildman–Crippen MR) is 113 cm³/mol. The first-order valence-electron chi connectivity index (χ1n) is 9.78. The van der Waals surface area contributed by atoms with Gasteiger partial charge in [0.1, 0.15) is 18.2 Å². The number of nitrogens with one attached hydrogen (secondary N) is 1. The maximum Gasteiger partial charge on any atom is 0.259 e. The number of hydrogen-bond donors (Lipinski definition) is 1. The Hall–Kier alpha value is -3.67. The number of amides is 2. The van der Waals surface area contributed by atoms with Gasteiger partial charge in [-0.3, -0.25) is 9.59 Å². The molecule has 1 saturated heterocycles. The quantitative estimate of drug-likeness (QED) is 0.643. The van der Waals surface area contributed by atoms with E-state index in [1.807, 2.05) is 12.1 Å². The Balaban J connectivity index is 1.47. The topological polar surface area (TPSA) is 58.6 Å². The highest BCUT2D eigenvalue weighted by Crippen LogP contribution is 2.26. The molecule has 3 aromatic carbocycles. The van der Waals surface area contributed by atoms with Crippen LogP contribution in [0.4, 0.5) is 15.8 Å². The molecule has 0 aromatic heterocycles. The van der Waals surface area contributed by atoms with Gasteiger partial charge in [-0.05, 0) is 54.4 Å². The van der Waals surface area contributed by atoms with E-state index in [-0.39, 0.29) is 24.2 Å². The number of benzene rings is 3. The second kappa shape index (κ2) is 8.78. The SMILES string of the molecule is O=C(Nc1cccc(N2CCCC2=O)c1)c1ccccc1OCc1ccc(F)cc1. The summed E-state index contributed by atoms with van der Waals surface area (Å²) in [6.45, 7) is 0.910. The van der Waals surface area contributed by atoms with Gasteiger partial charge >= 0.3 is 0 Å². The number of ether oxygens (including phenoxy) is 1. The van der Waals surface area contributed by atoms with Gasteiger partial charge in [0.25, 0.3) is 5.91 Å². The number of anilines is 2. The van der Waals surface area contributed by atoms with Crippen molar-refractivity contribution in [2.75, 3.05) is 16.8 Å². The monoisotopic (exact) mass is 404 g/mol. The van der Waals surface area contributed by atoms with Crippen molar-refractivity contribution in [1.29, 1.82) is 0 Å². The van der Waals surface area contributed by atoms with Crippen LogP contribution in [0.5, 0.6) is 5.75 Å². The van der Waals surface area contributed by atoms with Crippen molar-refractivity contribution in [3.63, 3.8) is 0 Å². The zero-order chi connectivity index (χ0) is 20.9. The molecule has 0 aliphatic carbocycles. The lowest BCUT2D eigenvalue weighted by molar-refractivity contribution is -0.117. The summed E-state index contributed by atoms with van der Waals surface area (Å²) >= 11 is 0. The van der Waals surface area contributed by atoms with Gasteiger partial charge in [0.15, 0.2) is 0 Å². The number of para-hydroxylation sites is 1. The molecule has 1 aliphatic rings.